The minimum absolute atomic E-state index is 0.0966. The number of aromatic nitrogens is 1. The quantitative estimate of drug-likeness (QED) is 0.644. The van der Waals surface area contributed by atoms with Crippen LogP contribution in [0.2, 0.25) is 5.02 Å². The number of hydrogen-bond acceptors (Lipinski definition) is 5. The molecule has 0 saturated carbocycles. The van der Waals surface area contributed by atoms with E-state index < -0.39 is 0 Å². The van der Waals surface area contributed by atoms with Crippen LogP contribution in [0.4, 0.5) is 5.13 Å². The van der Waals surface area contributed by atoms with Gasteiger partial charge in [0.2, 0.25) is 0 Å². The van der Waals surface area contributed by atoms with E-state index in [0.717, 1.165) is 27.1 Å². The number of benzene rings is 2. The summed E-state index contributed by atoms with van der Waals surface area (Å²) in [7, 11) is 0. The van der Waals surface area contributed by atoms with Crippen LogP contribution in [0.1, 0.15) is 18.1 Å². The van der Waals surface area contributed by atoms with E-state index in [-0.39, 0.29) is 12.5 Å². The number of ether oxygens (including phenoxy) is 2. The van der Waals surface area contributed by atoms with Crippen molar-refractivity contribution in [3.05, 3.63) is 46.5 Å². The lowest BCUT2D eigenvalue weighted by molar-refractivity contribution is -0.118. The summed E-state index contributed by atoms with van der Waals surface area (Å²) in [5, 5.41) is 4.01. The van der Waals surface area contributed by atoms with Crippen LogP contribution in [0.25, 0.3) is 10.2 Å². The number of halogens is 1. The van der Waals surface area contributed by atoms with Crippen molar-refractivity contribution < 1.29 is 14.3 Å². The lowest BCUT2D eigenvalue weighted by Crippen LogP contribution is -2.20. The summed E-state index contributed by atoms with van der Waals surface area (Å²) < 4.78 is 12.0. The van der Waals surface area contributed by atoms with Gasteiger partial charge in [-0.25, -0.2) is 4.98 Å². The fraction of sp³-hybridized carbons (Fsp3) is 0.263. The van der Waals surface area contributed by atoms with Gasteiger partial charge in [0.15, 0.2) is 11.7 Å². The van der Waals surface area contributed by atoms with Gasteiger partial charge in [0.25, 0.3) is 5.91 Å². The number of fused-ring (bicyclic) bond motifs is 1. The Labute approximate surface area is 160 Å². The van der Waals surface area contributed by atoms with Gasteiger partial charge >= 0.3 is 0 Å². The zero-order valence-electron chi connectivity index (χ0n) is 14.8. The van der Waals surface area contributed by atoms with Gasteiger partial charge in [-0.3, -0.25) is 10.1 Å². The second kappa shape index (κ2) is 7.93. The Morgan fingerprint density at radius 1 is 1.15 bits per heavy atom. The molecule has 1 aromatic heterocycles. The normalized spacial score (nSPS) is 10.8. The van der Waals surface area contributed by atoms with E-state index in [2.05, 4.69) is 10.3 Å². The summed E-state index contributed by atoms with van der Waals surface area (Å²) in [5.41, 5.74) is 2.65. The number of thiazole rings is 1. The molecule has 1 heterocycles. The van der Waals surface area contributed by atoms with E-state index in [1.165, 1.54) is 11.3 Å². The van der Waals surface area contributed by atoms with Gasteiger partial charge < -0.3 is 9.47 Å². The van der Waals surface area contributed by atoms with Gasteiger partial charge in [-0.05, 0) is 62.2 Å². The molecule has 26 heavy (non-hydrogen) atoms. The van der Waals surface area contributed by atoms with Crippen LogP contribution in [-0.4, -0.2) is 24.1 Å². The maximum absolute atomic E-state index is 12.1. The molecule has 0 radical (unpaired) electrons. The first-order valence-electron chi connectivity index (χ1n) is 8.19. The molecular formula is C19H19ClN2O3S. The molecule has 0 aliphatic rings. The zero-order valence-corrected chi connectivity index (χ0v) is 16.3. The molecule has 0 aliphatic heterocycles. The summed E-state index contributed by atoms with van der Waals surface area (Å²) in [4.78, 5) is 16.6. The molecule has 0 atom stereocenters. The first kappa shape index (κ1) is 18.5. The average Bonchev–Trinajstić information content (AvgIpc) is 2.99. The fourth-order valence-electron chi connectivity index (χ4n) is 2.51. The van der Waals surface area contributed by atoms with Crippen LogP contribution in [0.15, 0.2) is 30.3 Å². The van der Waals surface area contributed by atoms with E-state index in [4.69, 9.17) is 21.1 Å². The molecular weight excluding hydrogens is 372 g/mol. The monoisotopic (exact) mass is 390 g/mol. The van der Waals surface area contributed by atoms with E-state index in [1.54, 1.807) is 0 Å². The van der Waals surface area contributed by atoms with Crippen molar-refractivity contribution in [2.24, 2.45) is 0 Å². The highest BCUT2D eigenvalue weighted by atomic mass is 35.5. The van der Waals surface area contributed by atoms with E-state index in [0.29, 0.717) is 22.5 Å². The SMILES string of the molecule is CCOc1ccc2nc(NC(=O)COc3cc(C)c(Cl)c(C)c3)sc2c1. The minimum atomic E-state index is -0.264. The molecule has 0 bridgehead atoms. The maximum Gasteiger partial charge on any atom is 0.264 e. The molecule has 1 amide bonds. The van der Waals surface area contributed by atoms with Crippen molar-refractivity contribution >= 4 is 44.2 Å². The summed E-state index contributed by atoms with van der Waals surface area (Å²) in [6, 6.07) is 9.29. The Morgan fingerprint density at radius 2 is 1.88 bits per heavy atom. The lowest BCUT2D eigenvalue weighted by Gasteiger charge is -2.09. The molecule has 7 heteroatoms. The Bertz CT molecular complexity index is 932. The number of carbonyl (C=O) groups excluding carboxylic acids is 1. The highest BCUT2D eigenvalue weighted by molar-refractivity contribution is 7.22. The summed E-state index contributed by atoms with van der Waals surface area (Å²) in [6.07, 6.45) is 0. The molecule has 3 aromatic rings. The second-order valence-corrected chi connectivity index (χ2v) is 7.20. The number of carbonyl (C=O) groups is 1. The van der Waals surface area contributed by atoms with Gasteiger partial charge in [0.05, 0.1) is 16.8 Å². The molecule has 0 saturated heterocycles. The maximum atomic E-state index is 12.1. The van der Waals surface area contributed by atoms with Gasteiger partial charge in [0.1, 0.15) is 11.5 Å². The first-order valence-corrected chi connectivity index (χ1v) is 9.38. The van der Waals surface area contributed by atoms with Gasteiger partial charge in [-0.2, -0.15) is 0 Å². The average molecular weight is 391 g/mol. The van der Waals surface area contributed by atoms with E-state index in [1.807, 2.05) is 51.1 Å². The number of hydrogen-bond donors (Lipinski definition) is 1. The molecule has 0 aliphatic carbocycles. The van der Waals surface area contributed by atoms with Crippen molar-refractivity contribution in [2.45, 2.75) is 20.8 Å². The number of nitrogens with one attached hydrogen (secondary N) is 1. The predicted molar refractivity (Wildman–Crippen MR) is 106 cm³/mol. The fourth-order valence-corrected chi connectivity index (χ4v) is 3.53. The van der Waals surface area contributed by atoms with Gasteiger partial charge in [0, 0.05) is 5.02 Å². The van der Waals surface area contributed by atoms with Crippen molar-refractivity contribution in [2.75, 3.05) is 18.5 Å². The molecule has 1 N–H and O–H groups in total. The summed E-state index contributed by atoms with van der Waals surface area (Å²) in [6.45, 7) is 6.25. The van der Waals surface area contributed by atoms with E-state index in [9.17, 15) is 4.79 Å². The predicted octanol–water partition coefficient (Wildman–Crippen LogP) is 4.98. The first-order chi connectivity index (χ1) is 12.5. The van der Waals surface area contributed by atoms with Crippen molar-refractivity contribution in [1.29, 1.82) is 0 Å². The van der Waals surface area contributed by atoms with Crippen molar-refractivity contribution in [3.8, 4) is 11.5 Å². The van der Waals surface area contributed by atoms with Crippen molar-refractivity contribution in [3.63, 3.8) is 0 Å². The van der Waals surface area contributed by atoms with E-state index >= 15 is 0 Å². The third-order valence-electron chi connectivity index (χ3n) is 3.70. The standard InChI is InChI=1S/C19H19ClN2O3S/c1-4-24-13-5-6-15-16(9-13)26-19(21-15)22-17(23)10-25-14-7-11(2)18(20)12(3)8-14/h5-9H,4,10H2,1-3H3,(H,21,22,23). The topological polar surface area (TPSA) is 60.5 Å². The van der Waals surface area contributed by atoms with Crippen LogP contribution < -0.4 is 14.8 Å². The molecule has 0 fully saturated rings. The molecule has 136 valence electrons. The van der Waals surface area contributed by atoms with Crippen LogP contribution in [0, 0.1) is 13.8 Å². The largest absolute Gasteiger partial charge is 0.494 e. The number of anilines is 1. The van der Waals surface area contributed by atoms with Crippen LogP contribution in [-0.2, 0) is 4.79 Å². The van der Waals surface area contributed by atoms with Gasteiger partial charge in [-0.15, -0.1) is 0 Å². The van der Waals surface area contributed by atoms with Crippen LogP contribution in [0.3, 0.4) is 0 Å². The summed E-state index contributed by atoms with van der Waals surface area (Å²) >= 11 is 7.54. The third kappa shape index (κ3) is 4.26. The Hall–Kier alpha value is -2.31. The summed E-state index contributed by atoms with van der Waals surface area (Å²) in [5.74, 6) is 1.14. The second-order valence-electron chi connectivity index (χ2n) is 5.79. The minimum Gasteiger partial charge on any atom is -0.494 e. The third-order valence-corrected chi connectivity index (χ3v) is 5.23. The number of rotatable bonds is 6. The number of amides is 1. The molecule has 0 spiro atoms. The van der Waals surface area contributed by atoms with Crippen molar-refractivity contribution in [1.82, 2.24) is 4.98 Å². The van der Waals surface area contributed by atoms with Crippen LogP contribution in [0.5, 0.6) is 11.5 Å². The number of nitrogens with zero attached hydrogens (tertiary/aromatic N) is 1. The Morgan fingerprint density at radius 3 is 2.58 bits per heavy atom. The molecule has 5 nitrogen and oxygen atoms in total. The lowest BCUT2D eigenvalue weighted by atomic mass is 10.1. The Balaban J connectivity index is 1.63. The number of aryl methyl sites for hydroxylation is 2. The highest BCUT2D eigenvalue weighted by Gasteiger charge is 2.10. The molecule has 3 rings (SSSR count). The zero-order chi connectivity index (χ0) is 18.7. The van der Waals surface area contributed by atoms with Gasteiger partial charge in [-0.1, -0.05) is 22.9 Å². The Kier molecular flexibility index (Phi) is 5.64. The smallest absolute Gasteiger partial charge is 0.264 e. The van der Waals surface area contributed by atoms with Crippen LogP contribution >= 0.6 is 22.9 Å². The highest BCUT2D eigenvalue weighted by Crippen LogP contribution is 2.29. The molecule has 2 aromatic carbocycles. The molecule has 0 unspecified atom stereocenters.